The third-order valence-electron chi connectivity index (χ3n) is 3.55. The van der Waals surface area contributed by atoms with Crippen LogP contribution >= 0.6 is 0 Å². The van der Waals surface area contributed by atoms with Gasteiger partial charge in [0.05, 0.1) is 16.1 Å². The first kappa shape index (κ1) is 17.3. The molecule has 0 amide bonds. The van der Waals surface area contributed by atoms with E-state index in [4.69, 9.17) is 4.42 Å². The van der Waals surface area contributed by atoms with E-state index in [1.807, 2.05) is 0 Å². The number of aldehydes is 1. The van der Waals surface area contributed by atoms with Gasteiger partial charge in [-0.05, 0) is 24.3 Å². The van der Waals surface area contributed by atoms with E-state index in [1.165, 1.54) is 36.4 Å². The van der Waals surface area contributed by atoms with Crippen LogP contribution in [0.2, 0.25) is 0 Å². The lowest BCUT2D eigenvalue weighted by Gasteiger charge is -2.06. The van der Waals surface area contributed by atoms with Gasteiger partial charge in [-0.1, -0.05) is 18.2 Å². The van der Waals surface area contributed by atoms with Gasteiger partial charge in [0.15, 0.2) is 17.7 Å². The second-order valence-corrected chi connectivity index (χ2v) is 5.20. The average Bonchev–Trinajstić information content (AvgIpc) is 3.05. The molecule has 0 fully saturated rings. The molecule has 1 aromatic heterocycles. The summed E-state index contributed by atoms with van der Waals surface area (Å²) < 4.78 is 44.0. The number of carbonyl (C=O) groups is 1. The van der Waals surface area contributed by atoms with Gasteiger partial charge in [0, 0.05) is 11.6 Å². The van der Waals surface area contributed by atoms with Crippen molar-refractivity contribution in [1.29, 1.82) is 0 Å². The molecule has 0 aliphatic carbocycles. The van der Waals surface area contributed by atoms with Gasteiger partial charge in [0.1, 0.15) is 0 Å². The molecule has 0 aliphatic rings. The van der Waals surface area contributed by atoms with E-state index >= 15 is 0 Å². The van der Waals surface area contributed by atoms with Crippen LogP contribution in [-0.2, 0) is 6.18 Å². The Hall–Kier alpha value is -3.49. The molecule has 0 saturated heterocycles. The van der Waals surface area contributed by atoms with E-state index in [-0.39, 0.29) is 34.2 Å². The summed E-state index contributed by atoms with van der Waals surface area (Å²) in [6.07, 6.45) is -4.23. The number of nitro groups is 1. The second-order valence-electron chi connectivity index (χ2n) is 5.20. The normalized spacial score (nSPS) is 11.3. The Balaban J connectivity index is 2.15. The van der Waals surface area contributed by atoms with Crippen LogP contribution in [0.25, 0.3) is 22.8 Å². The molecule has 0 N–H and O–H groups in total. The molecular weight excluding hydrogens is 353 g/mol. The van der Waals surface area contributed by atoms with Gasteiger partial charge >= 0.3 is 6.18 Å². The van der Waals surface area contributed by atoms with Crippen LogP contribution in [0.15, 0.2) is 52.9 Å². The molecule has 2 aromatic carbocycles. The summed E-state index contributed by atoms with van der Waals surface area (Å²) in [5, 5.41) is 11.2. The zero-order valence-electron chi connectivity index (χ0n) is 12.9. The standard InChI is InChI=1S/C17H9F3N2O4/c18-17(19,20)11-5-3-4-10(8-11)16-21-13(9-23)15(26-16)12-6-1-2-7-14(12)22(24)25/h1-9H. The van der Waals surface area contributed by atoms with E-state index < -0.39 is 16.7 Å². The second kappa shape index (κ2) is 6.43. The van der Waals surface area contributed by atoms with Gasteiger partial charge < -0.3 is 4.42 Å². The molecule has 26 heavy (non-hydrogen) atoms. The zero-order valence-corrected chi connectivity index (χ0v) is 12.9. The first-order valence-corrected chi connectivity index (χ1v) is 7.18. The molecule has 132 valence electrons. The summed E-state index contributed by atoms with van der Waals surface area (Å²) in [5.74, 6) is -0.425. The summed E-state index contributed by atoms with van der Waals surface area (Å²) in [7, 11) is 0. The van der Waals surface area contributed by atoms with Gasteiger partial charge in [0.2, 0.25) is 5.89 Å². The van der Waals surface area contributed by atoms with Gasteiger partial charge in [0.25, 0.3) is 5.69 Å². The van der Waals surface area contributed by atoms with Crippen molar-refractivity contribution in [3.8, 4) is 22.8 Å². The van der Waals surface area contributed by atoms with Crippen molar-refractivity contribution in [1.82, 2.24) is 4.98 Å². The monoisotopic (exact) mass is 362 g/mol. The molecule has 9 heteroatoms. The van der Waals surface area contributed by atoms with Crippen LogP contribution in [0.3, 0.4) is 0 Å². The molecule has 0 atom stereocenters. The number of aromatic nitrogens is 1. The van der Waals surface area contributed by atoms with Crippen molar-refractivity contribution in [2.24, 2.45) is 0 Å². The molecule has 0 spiro atoms. The number of hydrogen-bond donors (Lipinski definition) is 0. The van der Waals surface area contributed by atoms with Crippen molar-refractivity contribution in [2.45, 2.75) is 6.18 Å². The maximum atomic E-state index is 12.9. The number of rotatable bonds is 4. The summed E-state index contributed by atoms with van der Waals surface area (Å²) >= 11 is 0. The smallest absolute Gasteiger partial charge is 0.416 e. The van der Waals surface area contributed by atoms with Gasteiger partial charge in [-0.25, -0.2) is 4.98 Å². The van der Waals surface area contributed by atoms with E-state index in [9.17, 15) is 28.1 Å². The van der Waals surface area contributed by atoms with Crippen LogP contribution in [0.4, 0.5) is 18.9 Å². The Kier molecular flexibility index (Phi) is 4.29. The summed E-state index contributed by atoms with van der Waals surface area (Å²) in [5.41, 5.74) is -1.47. The number of carbonyl (C=O) groups excluding carboxylic acids is 1. The fourth-order valence-corrected chi connectivity index (χ4v) is 2.38. The van der Waals surface area contributed by atoms with E-state index in [2.05, 4.69) is 4.98 Å². The molecule has 0 aliphatic heterocycles. The molecule has 0 unspecified atom stereocenters. The zero-order chi connectivity index (χ0) is 18.9. The molecule has 3 rings (SSSR count). The SMILES string of the molecule is O=Cc1nc(-c2cccc(C(F)(F)F)c2)oc1-c1ccccc1[N+](=O)[O-]. The van der Waals surface area contributed by atoms with Crippen molar-refractivity contribution in [3.05, 3.63) is 69.9 Å². The molecular formula is C17H9F3N2O4. The number of oxazole rings is 1. The molecule has 3 aromatic rings. The number of benzene rings is 2. The minimum atomic E-state index is -4.56. The highest BCUT2D eigenvalue weighted by Gasteiger charge is 2.31. The summed E-state index contributed by atoms with van der Waals surface area (Å²) in [6, 6.07) is 9.74. The van der Waals surface area contributed by atoms with Crippen LogP contribution < -0.4 is 0 Å². The number of halogens is 3. The van der Waals surface area contributed by atoms with Crippen molar-refractivity contribution in [2.75, 3.05) is 0 Å². The first-order chi connectivity index (χ1) is 12.3. The van der Waals surface area contributed by atoms with Crippen molar-refractivity contribution in [3.63, 3.8) is 0 Å². The third kappa shape index (κ3) is 3.18. The Morgan fingerprint density at radius 3 is 2.50 bits per heavy atom. The number of alkyl halides is 3. The number of hydrogen-bond acceptors (Lipinski definition) is 5. The Morgan fingerprint density at radius 1 is 1.12 bits per heavy atom. The summed E-state index contributed by atoms with van der Waals surface area (Å²) in [4.78, 5) is 25.7. The van der Waals surface area contributed by atoms with Crippen molar-refractivity contribution < 1.29 is 27.3 Å². The average molecular weight is 362 g/mol. The fourth-order valence-electron chi connectivity index (χ4n) is 2.38. The van der Waals surface area contributed by atoms with E-state index in [1.54, 1.807) is 0 Å². The lowest BCUT2D eigenvalue weighted by molar-refractivity contribution is -0.384. The van der Waals surface area contributed by atoms with E-state index in [0.717, 1.165) is 12.1 Å². The predicted octanol–water partition coefficient (Wildman–Crippen LogP) is 4.75. The topological polar surface area (TPSA) is 86.2 Å². The van der Waals surface area contributed by atoms with Crippen LogP contribution in [0, 0.1) is 10.1 Å². The Bertz CT molecular complexity index is 996. The van der Waals surface area contributed by atoms with Gasteiger partial charge in [-0.3, -0.25) is 14.9 Å². The number of nitro benzene ring substituents is 1. The third-order valence-corrected chi connectivity index (χ3v) is 3.55. The van der Waals surface area contributed by atoms with Crippen LogP contribution in [0.1, 0.15) is 16.1 Å². The molecule has 0 radical (unpaired) electrons. The lowest BCUT2D eigenvalue weighted by Crippen LogP contribution is -2.04. The number of nitrogens with zero attached hydrogens (tertiary/aromatic N) is 2. The fraction of sp³-hybridized carbons (Fsp3) is 0.0588. The quantitative estimate of drug-likeness (QED) is 0.380. The van der Waals surface area contributed by atoms with Gasteiger partial charge in [-0.15, -0.1) is 0 Å². The maximum absolute atomic E-state index is 12.9. The van der Waals surface area contributed by atoms with Crippen LogP contribution in [0.5, 0.6) is 0 Å². The maximum Gasteiger partial charge on any atom is 0.416 e. The number of para-hydroxylation sites is 1. The highest BCUT2D eigenvalue weighted by Crippen LogP contribution is 2.36. The summed E-state index contributed by atoms with van der Waals surface area (Å²) in [6.45, 7) is 0. The predicted molar refractivity (Wildman–Crippen MR) is 84.4 cm³/mol. The molecule has 0 saturated carbocycles. The van der Waals surface area contributed by atoms with Crippen LogP contribution in [-0.4, -0.2) is 16.2 Å². The Morgan fingerprint density at radius 2 is 1.85 bits per heavy atom. The minimum absolute atomic E-state index is 0.00493. The van der Waals surface area contributed by atoms with Gasteiger partial charge in [-0.2, -0.15) is 13.2 Å². The molecule has 1 heterocycles. The first-order valence-electron chi connectivity index (χ1n) is 7.18. The largest absolute Gasteiger partial charge is 0.435 e. The molecule has 6 nitrogen and oxygen atoms in total. The van der Waals surface area contributed by atoms with Crippen molar-refractivity contribution >= 4 is 12.0 Å². The molecule has 0 bridgehead atoms. The van der Waals surface area contributed by atoms with E-state index in [0.29, 0.717) is 6.29 Å². The Labute approximate surface area is 144 Å². The minimum Gasteiger partial charge on any atom is -0.435 e. The highest BCUT2D eigenvalue weighted by molar-refractivity contribution is 5.86. The highest BCUT2D eigenvalue weighted by atomic mass is 19.4. The lowest BCUT2D eigenvalue weighted by atomic mass is 10.1.